The number of methoxy groups -OCH3 is 1. The van der Waals surface area contributed by atoms with Gasteiger partial charge >= 0.3 is 12.0 Å². The van der Waals surface area contributed by atoms with Gasteiger partial charge in [0.05, 0.1) is 12.0 Å². The van der Waals surface area contributed by atoms with Crippen LogP contribution < -0.4 is 5.32 Å². The van der Waals surface area contributed by atoms with E-state index in [2.05, 4.69) is 5.32 Å². The van der Waals surface area contributed by atoms with Crippen LogP contribution in [0.1, 0.15) is 39.5 Å². The van der Waals surface area contributed by atoms with E-state index < -0.39 is 11.6 Å². The summed E-state index contributed by atoms with van der Waals surface area (Å²) in [6.07, 6.45) is 2.68. The molecule has 6 nitrogen and oxygen atoms in total. The number of urea groups is 1. The lowest BCUT2D eigenvalue weighted by molar-refractivity contribution is -0.138. The summed E-state index contributed by atoms with van der Waals surface area (Å²) < 4.78 is 5.24. The van der Waals surface area contributed by atoms with Crippen LogP contribution in [0.25, 0.3) is 0 Å². The summed E-state index contributed by atoms with van der Waals surface area (Å²) in [5, 5.41) is 11.7. The predicted octanol–water partition coefficient (Wildman–Crippen LogP) is 1.45. The average molecular weight is 272 g/mol. The molecule has 0 aliphatic carbocycles. The van der Waals surface area contributed by atoms with Crippen LogP contribution in [-0.2, 0) is 9.53 Å². The average Bonchev–Trinajstić information content (AvgIpc) is 2.36. The highest BCUT2D eigenvalue weighted by Gasteiger charge is 2.29. The maximum atomic E-state index is 12.1. The molecule has 0 spiro atoms. The first-order valence-corrected chi connectivity index (χ1v) is 6.67. The molecule has 0 saturated carbocycles. The molecular formula is C13H24N2O4. The minimum absolute atomic E-state index is 0.0150. The number of ether oxygens (including phenoxy) is 1. The second-order valence-corrected chi connectivity index (χ2v) is 5.56. The number of hydrogen-bond donors (Lipinski definition) is 2. The Morgan fingerprint density at radius 3 is 2.68 bits per heavy atom. The van der Waals surface area contributed by atoms with Gasteiger partial charge in [-0.2, -0.15) is 0 Å². The Morgan fingerprint density at radius 2 is 2.11 bits per heavy atom. The number of likely N-dealkylation sites (tertiary alicyclic amines) is 1. The lowest BCUT2D eigenvalue weighted by Crippen LogP contribution is -2.52. The zero-order chi connectivity index (χ0) is 14.5. The lowest BCUT2D eigenvalue weighted by atomic mass is 10.00. The number of nitrogens with one attached hydrogen (secondary N) is 1. The Hall–Kier alpha value is -1.30. The Morgan fingerprint density at radius 1 is 1.42 bits per heavy atom. The first kappa shape index (κ1) is 15.8. The van der Waals surface area contributed by atoms with Crippen LogP contribution in [0.5, 0.6) is 0 Å². The number of nitrogens with zero attached hydrogens (tertiary/aromatic N) is 1. The molecule has 1 saturated heterocycles. The van der Waals surface area contributed by atoms with Crippen LogP contribution in [0.2, 0.25) is 0 Å². The highest BCUT2D eigenvalue weighted by atomic mass is 16.5. The van der Waals surface area contributed by atoms with Crippen molar-refractivity contribution < 1.29 is 19.4 Å². The van der Waals surface area contributed by atoms with Crippen LogP contribution in [-0.4, -0.2) is 53.8 Å². The Bertz CT molecular complexity index is 331. The number of carboxylic acids is 1. The van der Waals surface area contributed by atoms with E-state index in [1.165, 1.54) is 0 Å². The van der Waals surface area contributed by atoms with Crippen molar-refractivity contribution in [3.8, 4) is 0 Å². The number of hydrogen-bond acceptors (Lipinski definition) is 3. The highest BCUT2D eigenvalue weighted by Crippen LogP contribution is 2.20. The van der Waals surface area contributed by atoms with E-state index in [4.69, 9.17) is 9.84 Å². The van der Waals surface area contributed by atoms with Crippen molar-refractivity contribution in [1.29, 1.82) is 0 Å². The molecule has 1 rings (SSSR count). The number of carbonyl (C=O) groups is 2. The van der Waals surface area contributed by atoms with Gasteiger partial charge in [-0.15, -0.1) is 0 Å². The van der Waals surface area contributed by atoms with Crippen LogP contribution in [0, 0.1) is 0 Å². The summed E-state index contributed by atoms with van der Waals surface area (Å²) in [6, 6.07) is -0.395. The first-order valence-electron chi connectivity index (χ1n) is 6.67. The molecular weight excluding hydrogens is 248 g/mol. The van der Waals surface area contributed by atoms with Crippen LogP contribution in [0.4, 0.5) is 4.79 Å². The Balaban J connectivity index is 2.54. The first-order chi connectivity index (χ1) is 8.85. The zero-order valence-corrected chi connectivity index (χ0v) is 11.9. The van der Waals surface area contributed by atoms with Crippen LogP contribution >= 0.6 is 0 Å². The van der Waals surface area contributed by atoms with Gasteiger partial charge in [-0.05, 0) is 33.1 Å². The van der Waals surface area contributed by atoms with Crippen LogP contribution in [0.15, 0.2) is 0 Å². The standard InChI is InChI=1S/C13H24N2O4/c1-13(2,19-3)9-14-12(18)15-7-5-4-6-10(15)8-11(16)17/h10H,4-9H2,1-3H3,(H,14,18)(H,16,17). The van der Waals surface area contributed by atoms with E-state index in [1.807, 2.05) is 13.8 Å². The minimum atomic E-state index is -0.859. The molecule has 1 aliphatic heterocycles. The molecule has 1 unspecified atom stereocenters. The summed E-state index contributed by atoms with van der Waals surface area (Å²) >= 11 is 0. The molecule has 0 bridgehead atoms. The van der Waals surface area contributed by atoms with E-state index >= 15 is 0 Å². The monoisotopic (exact) mass is 272 g/mol. The Labute approximate surface area is 114 Å². The maximum absolute atomic E-state index is 12.1. The van der Waals surface area contributed by atoms with Gasteiger partial charge in [0.25, 0.3) is 0 Å². The van der Waals surface area contributed by atoms with Gasteiger partial charge < -0.3 is 20.1 Å². The molecule has 0 aromatic carbocycles. The van der Waals surface area contributed by atoms with Crippen molar-refractivity contribution in [3.05, 3.63) is 0 Å². The largest absolute Gasteiger partial charge is 0.481 e. The summed E-state index contributed by atoms with van der Waals surface area (Å²) in [6.45, 7) is 4.80. The van der Waals surface area contributed by atoms with Crippen molar-refractivity contribution in [1.82, 2.24) is 10.2 Å². The second kappa shape index (κ2) is 6.75. The molecule has 2 N–H and O–H groups in total. The van der Waals surface area contributed by atoms with E-state index in [-0.39, 0.29) is 18.5 Å². The summed E-state index contributed by atoms with van der Waals surface area (Å²) in [7, 11) is 1.60. The van der Waals surface area contributed by atoms with Crippen molar-refractivity contribution in [2.24, 2.45) is 0 Å². The van der Waals surface area contributed by atoms with Gasteiger partial charge in [-0.1, -0.05) is 0 Å². The number of carbonyl (C=O) groups excluding carboxylic acids is 1. The van der Waals surface area contributed by atoms with Gasteiger partial charge in [0.2, 0.25) is 0 Å². The van der Waals surface area contributed by atoms with Gasteiger partial charge in [0.1, 0.15) is 0 Å². The molecule has 0 aromatic heterocycles. The molecule has 110 valence electrons. The minimum Gasteiger partial charge on any atom is -0.481 e. The predicted molar refractivity (Wildman–Crippen MR) is 71.1 cm³/mol. The fraction of sp³-hybridized carbons (Fsp3) is 0.846. The SMILES string of the molecule is COC(C)(C)CNC(=O)N1CCCCC1CC(=O)O. The quantitative estimate of drug-likeness (QED) is 0.794. The molecule has 1 aliphatic rings. The summed E-state index contributed by atoms with van der Waals surface area (Å²) in [4.78, 5) is 24.6. The van der Waals surface area contributed by atoms with Crippen LogP contribution in [0.3, 0.4) is 0 Å². The highest BCUT2D eigenvalue weighted by molar-refractivity contribution is 5.76. The lowest BCUT2D eigenvalue weighted by Gasteiger charge is -2.35. The summed E-state index contributed by atoms with van der Waals surface area (Å²) in [5.74, 6) is -0.859. The number of amides is 2. The smallest absolute Gasteiger partial charge is 0.317 e. The molecule has 1 heterocycles. The van der Waals surface area contributed by atoms with E-state index in [9.17, 15) is 9.59 Å². The fourth-order valence-corrected chi connectivity index (χ4v) is 2.14. The van der Waals surface area contributed by atoms with E-state index in [0.29, 0.717) is 13.1 Å². The third kappa shape index (κ3) is 5.06. The molecule has 0 aromatic rings. The molecule has 0 radical (unpaired) electrons. The fourth-order valence-electron chi connectivity index (χ4n) is 2.14. The van der Waals surface area contributed by atoms with Gasteiger partial charge in [-0.3, -0.25) is 4.79 Å². The van der Waals surface area contributed by atoms with Crippen molar-refractivity contribution in [2.45, 2.75) is 51.2 Å². The molecule has 1 fully saturated rings. The second-order valence-electron chi connectivity index (χ2n) is 5.56. The molecule has 19 heavy (non-hydrogen) atoms. The van der Waals surface area contributed by atoms with Crippen molar-refractivity contribution in [3.63, 3.8) is 0 Å². The maximum Gasteiger partial charge on any atom is 0.317 e. The molecule has 6 heteroatoms. The van der Waals surface area contributed by atoms with Crippen molar-refractivity contribution in [2.75, 3.05) is 20.2 Å². The molecule has 2 amide bonds. The van der Waals surface area contributed by atoms with Gasteiger partial charge in [0, 0.05) is 26.2 Å². The summed E-state index contributed by atoms with van der Waals surface area (Å²) in [5.41, 5.74) is -0.423. The van der Waals surface area contributed by atoms with E-state index in [1.54, 1.807) is 12.0 Å². The van der Waals surface area contributed by atoms with Gasteiger partial charge in [0.15, 0.2) is 0 Å². The van der Waals surface area contributed by atoms with Gasteiger partial charge in [-0.25, -0.2) is 4.79 Å². The van der Waals surface area contributed by atoms with E-state index in [0.717, 1.165) is 19.3 Å². The topological polar surface area (TPSA) is 78.9 Å². The number of aliphatic carboxylic acids is 1. The third-order valence-corrected chi connectivity index (χ3v) is 3.52. The molecule has 1 atom stereocenters. The number of piperidine rings is 1. The number of rotatable bonds is 5. The number of carboxylic acid groups (broad SMARTS) is 1. The zero-order valence-electron chi connectivity index (χ0n) is 11.9. The normalized spacial score (nSPS) is 20.2. The third-order valence-electron chi connectivity index (χ3n) is 3.52. The van der Waals surface area contributed by atoms with Crippen molar-refractivity contribution >= 4 is 12.0 Å². The Kier molecular flexibility index (Phi) is 5.60.